The maximum absolute atomic E-state index is 4.42. The molecule has 2 aliphatic carbocycles. The van der Waals surface area contributed by atoms with Gasteiger partial charge in [0.25, 0.3) is 0 Å². The molecule has 4 unspecified atom stereocenters. The van der Waals surface area contributed by atoms with E-state index in [2.05, 4.69) is 84.4 Å². The Kier molecular flexibility index (Phi) is 3.58. The number of aromatic nitrogens is 1. The van der Waals surface area contributed by atoms with E-state index in [1.165, 1.54) is 51.0 Å². The molecular formula is C27H29BrN+. The van der Waals surface area contributed by atoms with Gasteiger partial charge < -0.3 is 0 Å². The molecule has 2 bridgehead atoms. The summed E-state index contributed by atoms with van der Waals surface area (Å²) >= 11 is 3.85. The van der Waals surface area contributed by atoms with Crippen LogP contribution in [0.25, 0.3) is 21.7 Å². The number of halogens is 1. The number of nitrogens with zero attached hydrogens (tertiary/aromatic N) is 1. The first-order chi connectivity index (χ1) is 14.0. The van der Waals surface area contributed by atoms with Crippen LogP contribution in [-0.2, 0) is 11.0 Å². The fraction of sp³-hybridized carbons (Fsp3) is 0.444. The van der Waals surface area contributed by atoms with Gasteiger partial charge in [-0.15, -0.1) is 0 Å². The summed E-state index contributed by atoms with van der Waals surface area (Å²) in [4.78, 5) is 0. The Balaban J connectivity index is 1.91. The van der Waals surface area contributed by atoms with Gasteiger partial charge in [-0.25, -0.2) is 0 Å². The number of hydrogen-bond acceptors (Lipinski definition) is 0. The lowest BCUT2D eigenvalue weighted by molar-refractivity contribution is -0.741. The van der Waals surface area contributed by atoms with E-state index in [4.69, 9.17) is 0 Å². The van der Waals surface area contributed by atoms with Crippen molar-refractivity contribution in [3.05, 3.63) is 64.3 Å². The van der Waals surface area contributed by atoms with E-state index < -0.39 is 0 Å². The van der Waals surface area contributed by atoms with Crippen LogP contribution < -0.4 is 4.57 Å². The third-order valence-corrected chi connectivity index (χ3v) is 9.75. The third-order valence-electron chi connectivity index (χ3n) is 9.06. The van der Waals surface area contributed by atoms with E-state index in [0.29, 0.717) is 0 Å². The van der Waals surface area contributed by atoms with E-state index in [1.54, 1.807) is 11.1 Å². The Hall–Kier alpha value is -1.67. The molecule has 29 heavy (non-hydrogen) atoms. The largest absolute Gasteiger partial charge is 0.221 e. The minimum Gasteiger partial charge on any atom is -0.187 e. The standard InChI is InChI=1S/C27H29BrN/c1-5-26(4)21-12-13-22(28)18-10-11-19-23-17-9-8-16(14-17)20(23)15-29(25(19)24(18)21)27(26,6-2)7-3/h6,10-13,15-17H,2,5,7-9,14H2,1,3-4H3/q+1. The second-order valence-corrected chi connectivity index (χ2v) is 10.6. The predicted octanol–water partition coefficient (Wildman–Crippen LogP) is 7.38. The molecule has 1 aliphatic heterocycles. The maximum atomic E-state index is 4.42. The van der Waals surface area contributed by atoms with Gasteiger partial charge in [-0.1, -0.05) is 48.5 Å². The zero-order valence-corrected chi connectivity index (χ0v) is 19.3. The van der Waals surface area contributed by atoms with E-state index in [1.807, 2.05) is 0 Å². The molecule has 0 spiro atoms. The summed E-state index contributed by atoms with van der Waals surface area (Å²) < 4.78 is 3.87. The van der Waals surface area contributed by atoms with Gasteiger partial charge in [0, 0.05) is 21.8 Å². The fourth-order valence-corrected chi connectivity index (χ4v) is 7.86. The van der Waals surface area contributed by atoms with Gasteiger partial charge in [-0.2, -0.15) is 4.57 Å². The van der Waals surface area contributed by atoms with Gasteiger partial charge in [0.15, 0.2) is 11.7 Å². The highest BCUT2D eigenvalue weighted by atomic mass is 79.9. The Morgan fingerprint density at radius 1 is 1.10 bits per heavy atom. The van der Waals surface area contributed by atoms with Crippen LogP contribution in [0.3, 0.4) is 0 Å². The van der Waals surface area contributed by atoms with Crippen molar-refractivity contribution in [2.45, 2.75) is 75.7 Å². The number of allylic oxidation sites excluding steroid dienone is 1. The number of pyridine rings is 1. The van der Waals surface area contributed by atoms with E-state index in [9.17, 15) is 0 Å². The molecule has 1 fully saturated rings. The molecule has 0 radical (unpaired) electrons. The summed E-state index contributed by atoms with van der Waals surface area (Å²) in [6, 6.07) is 9.42. The molecule has 3 aliphatic rings. The number of rotatable bonds is 3. The summed E-state index contributed by atoms with van der Waals surface area (Å²) in [5.41, 5.74) is 6.14. The highest BCUT2D eigenvalue weighted by Gasteiger charge is 2.58. The highest BCUT2D eigenvalue weighted by molar-refractivity contribution is 9.10. The molecule has 2 aromatic carbocycles. The van der Waals surface area contributed by atoms with Crippen LogP contribution in [0.1, 0.15) is 81.4 Å². The van der Waals surface area contributed by atoms with Crippen molar-refractivity contribution >= 4 is 37.6 Å². The van der Waals surface area contributed by atoms with Crippen molar-refractivity contribution < 1.29 is 4.57 Å². The van der Waals surface area contributed by atoms with Crippen molar-refractivity contribution in [1.29, 1.82) is 0 Å². The van der Waals surface area contributed by atoms with E-state index in [0.717, 1.165) is 24.7 Å². The Morgan fingerprint density at radius 2 is 1.86 bits per heavy atom. The maximum Gasteiger partial charge on any atom is 0.221 e. The van der Waals surface area contributed by atoms with Gasteiger partial charge in [0.05, 0.1) is 16.2 Å². The average molecular weight is 447 g/mol. The number of benzene rings is 2. The lowest BCUT2D eigenvalue weighted by Crippen LogP contribution is -2.67. The minimum atomic E-state index is -0.105. The molecule has 0 N–H and O–H groups in total. The zero-order valence-electron chi connectivity index (χ0n) is 17.7. The smallest absolute Gasteiger partial charge is 0.187 e. The predicted molar refractivity (Wildman–Crippen MR) is 125 cm³/mol. The Morgan fingerprint density at radius 3 is 2.59 bits per heavy atom. The molecule has 6 rings (SSSR count). The van der Waals surface area contributed by atoms with Gasteiger partial charge in [0.2, 0.25) is 5.52 Å². The normalized spacial score (nSPS) is 31.7. The quantitative estimate of drug-likeness (QED) is 0.224. The van der Waals surface area contributed by atoms with Gasteiger partial charge in [-0.3, -0.25) is 0 Å². The molecule has 2 heteroatoms. The first kappa shape index (κ1) is 18.1. The molecule has 2 heterocycles. The second kappa shape index (κ2) is 5.72. The molecule has 0 amide bonds. The van der Waals surface area contributed by atoms with Crippen molar-refractivity contribution in [3.63, 3.8) is 0 Å². The molecule has 1 nitrogen and oxygen atoms in total. The molecule has 148 valence electrons. The minimum absolute atomic E-state index is 0.0141. The average Bonchev–Trinajstić information content (AvgIpc) is 3.36. The lowest BCUT2D eigenvalue weighted by Gasteiger charge is -2.46. The van der Waals surface area contributed by atoms with Crippen molar-refractivity contribution in [2.24, 2.45) is 0 Å². The molecule has 4 atom stereocenters. The van der Waals surface area contributed by atoms with E-state index in [-0.39, 0.29) is 11.0 Å². The van der Waals surface area contributed by atoms with Gasteiger partial charge in [-0.05, 0) is 73.8 Å². The summed E-state index contributed by atoms with van der Waals surface area (Å²) in [5.74, 6) is 1.52. The van der Waals surface area contributed by atoms with Crippen LogP contribution >= 0.6 is 15.9 Å². The molecule has 1 saturated carbocycles. The summed E-state index contributed by atoms with van der Waals surface area (Å²) in [7, 11) is 0. The van der Waals surface area contributed by atoms with Crippen molar-refractivity contribution in [2.75, 3.05) is 0 Å². The molecule has 3 aromatic rings. The van der Waals surface area contributed by atoms with Crippen LogP contribution in [0.15, 0.2) is 47.6 Å². The van der Waals surface area contributed by atoms with E-state index >= 15 is 0 Å². The van der Waals surface area contributed by atoms with Crippen LogP contribution in [0.2, 0.25) is 0 Å². The first-order valence-corrected chi connectivity index (χ1v) is 12.1. The van der Waals surface area contributed by atoms with Gasteiger partial charge >= 0.3 is 0 Å². The van der Waals surface area contributed by atoms with Crippen LogP contribution in [0.4, 0.5) is 0 Å². The number of hydrogen-bond donors (Lipinski definition) is 0. The molecule has 0 saturated heterocycles. The second-order valence-electron chi connectivity index (χ2n) is 9.72. The Labute approximate surface area is 181 Å². The Bertz CT molecular complexity index is 1220. The van der Waals surface area contributed by atoms with Crippen LogP contribution in [-0.4, -0.2) is 0 Å². The summed E-state index contributed by atoms with van der Waals surface area (Å²) in [5, 5.41) is 4.30. The fourth-order valence-electron chi connectivity index (χ4n) is 7.39. The number of fused-ring (bicyclic) bond motifs is 6. The van der Waals surface area contributed by atoms with Crippen LogP contribution in [0.5, 0.6) is 0 Å². The van der Waals surface area contributed by atoms with Crippen molar-refractivity contribution in [1.82, 2.24) is 0 Å². The molecule has 1 aromatic heterocycles. The monoisotopic (exact) mass is 446 g/mol. The van der Waals surface area contributed by atoms with Gasteiger partial charge in [0.1, 0.15) is 0 Å². The highest BCUT2D eigenvalue weighted by Crippen LogP contribution is 2.57. The third kappa shape index (κ3) is 1.87. The van der Waals surface area contributed by atoms with Crippen LogP contribution in [0, 0.1) is 0 Å². The lowest BCUT2D eigenvalue weighted by atomic mass is 9.60. The molecular weight excluding hydrogens is 418 g/mol. The topological polar surface area (TPSA) is 3.88 Å². The SMILES string of the molecule is C=CC1(CC)[n+]2cc3c(c4ccc5c(Br)ccc(c5c42)C1(C)CC)C1CCC3C1. The zero-order chi connectivity index (χ0) is 20.1. The summed E-state index contributed by atoms with van der Waals surface area (Å²) in [6.07, 6.45) is 11.1. The first-order valence-electron chi connectivity index (χ1n) is 11.3. The summed E-state index contributed by atoms with van der Waals surface area (Å²) in [6.45, 7) is 11.6. The van der Waals surface area contributed by atoms with Crippen molar-refractivity contribution in [3.8, 4) is 0 Å².